The number of hydrogen-bond acceptors (Lipinski definition) is 4. The number of fused-ring (bicyclic) bond motifs is 2. The van der Waals surface area contributed by atoms with Crippen molar-refractivity contribution in [2.75, 3.05) is 4.90 Å². The molecular weight excluding hydrogens is 765 g/mol. The van der Waals surface area contributed by atoms with Crippen molar-refractivity contribution < 1.29 is 0 Å². The second-order valence-corrected chi connectivity index (χ2v) is 16.0. The molecule has 9 aromatic carbocycles. The van der Waals surface area contributed by atoms with Crippen LogP contribution in [0.15, 0.2) is 219 Å². The highest BCUT2D eigenvalue weighted by molar-refractivity contribution is 6.04. The molecule has 0 radical (unpaired) electrons. The third kappa shape index (κ3) is 7.68. The number of aromatic nitrogens is 3. The Kier molecular flexibility index (Phi) is 10.7. The molecule has 10 rings (SSSR count). The molecule has 0 aliphatic carbocycles. The summed E-state index contributed by atoms with van der Waals surface area (Å²) in [4.78, 5) is 17.3. The van der Waals surface area contributed by atoms with Crippen molar-refractivity contribution in [2.24, 2.45) is 0 Å². The van der Waals surface area contributed by atoms with E-state index in [1.165, 1.54) is 49.8 Å². The van der Waals surface area contributed by atoms with E-state index < -0.39 is 0 Å². The van der Waals surface area contributed by atoms with Gasteiger partial charge in [0.05, 0.1) is 0 Å². The predicted molar refractivity (Wildman–Crippen MR) is 265 cm³/mol. The smallest absolute Gasteiger partial charge is 0.164 e. The Bertz CT molecular complexity index is 3220. The number of nitrogens with zero attached hydrogens (tertiary/aromatic N) is 4. The lowest BCUT2D eigenvalue weighted by Gasteiger charge is -2.26. The van der Waals surface area contributed by atoms with Crippen LogP contribution < -0.4 is 4.90 Å². The molecule has 10 aromatic rings. The van der Waals surface area contributed by atoms with Gasteiger partial charge in [0.25, 0.3) is 0 Å². The molecule has 1 heterocycles. The molecule has 0 amide bonds. The van der Waals surface area contributed by atoms with Crippen molar-refractivity contribution >= 4 is 32.9 Å². The van der Waals surface area contributed by atoms with Crippen LogP contribution in [0.4, 0.5) is 11.4 Å². The molecule has 0 N–H and O–H groups in total. The first kappa shape index (κ1) is 39.2. The largest absolute Gasteiger partial charge is 0.317 e. The predicted octanol–water partition coefficient (Wildman–Crippen LogP) is 16.0. The van der Waals surface area contributed by atoms with Gasteiger partial charge in [0, 0.05) is 34.3 Å². The fourth-order valence-corrected chi connectivity index (χ4v) is 8.72. The maximum absolute atomic E-state index is 5.09. The molecule has 0 aliphatic rings. The molecule has 1 unspecified atom stereocenters. The number of rotatable bonds is 11. The van der Waals surface area contributed by atoms with Crippen LogP contribution in [-0.2, 0) is 0 Å². The maximum Gasteiger partial charge on any atom is 0.164 e. The molecule has 4 nitrogen and oxygen atoms in total. The molecule has 0 spiro atoms. The lowest BCUT2D eigenvalue weighted by Crippen LogP contribution is -2.11. The van der Waals surface area contributed by atoms with Crippen LogP contribution >= 0.6 is 0 Å². The fourth-order valence-electron chi connectivity index (χ4n) is 8.72. The first-order valence-electron chi connectivity index (χ1n) is 21.7. The molecule has 4 heteroatoms. The monoisotopic (exact) mass is 810 g/mol. The summed E-state index contributed by atoms with van der Waals surface area (Å²) in [6.07, 6.45) is 2.96. The van der Waals surface area contributed by atoms with Gasteiger partial charge in [-0.2, -0.15) is 0 Å². The average Bonchev–Trinajstić information content (AvgIpc) is 3.36. The van der Waals surface area contributed by atoms with Crippen LogP contribution in [0.1, 0.15) is 31.7 Å². The summed E-state index contributed by atoms with van der Waals surface area (Å²) in [6, 6.07) is 73.0. The summed E-state index contributed by atoms with van der Waals surface area (Å²) in [7, 11) is 0. The van der Waals surface area contributed by atoms with Gasteiger partial charge in [-0.1, -0.05) is 202 Å². The van der Waals surface area contributed by atoms with Gasteiger partial charge in [-0.3, -0.25) is 0 Å². The van der Waals surface area contributed by atoms with Crippen molar-refractivity contribution in [3.63, 3.8) is 0 Å². The van der Waals surface area contributed by atoms with Gasteiger partial charge in [0.1, 0.15) is 0 Å². The zero-order chi connectivity index (χ0) is 42.7. The lowest BCUT2D eigenvalue weighted by atomic mass is 9.90. The van der Waals surface area contributed by atoms with Gasteiger partial charge < -0.3 is 4.90 Å². The summed E-state index contributed by atoms with van der Waals surface area (Å²) in [5.74, 6) is 2.33. The molecule has 0 fully saturated rings. The van der Waals surface area contributed by atoms with E-state index in [0.29, 0.717) is 23.4 Å². The van der Waals surface area contributed by atoms with Crippen LogP contribution in [0.25, 0.3) is 89.1 Å². The third-order valence-electron chi connectivity index (χ3n) is 12.3. The van der Waals surface area contributed by atoms with Gasteiger partial charge in [0.2, 0.25) is 0 Å². The molecule has 0 saturated carbocycles. The first-order chi connectivity index (χ1) is 31.1. The second kappa shape index (κ2) is 17.2. The molecule has 0 saturated heterocycles. The molecule has 302 valence electrons. The van der Waals surface area contributed by atoms with Gasteiger partial charge >= 0.3 is 0 Å². The van der Waals surface area contributed by atoms with Crippen LogP contribution in [0, 0.1) is 0 Å². The van der Waals surface area contributed by atoms with Crippen molar-refractivity contribution in [1.29, 1.82) is 0 Å². The average molecular weight is 811 g/mol. The Hall–Kier alpha value is -7.95. The van der Waals surface area contributed by atoms with Gasteiger partial charge in [-0.25, -0.2) is 15.0 Å². The molecule has 0 aliphatic heterocycles. The van der Waals surface area contributed by atoms with E-state index in [9.17, 15) is 0 Å². The van der Waals surface area contributed by atoms with Crippen molar-refractivity contribution in [2.45, 2.75) is 26.2 Å². The van der Waals surface area contributed by atoms with E-state index in [0.717, 1.165) is 45.1 Å². The zero-order valence-electron chi connectivity index (χ0n) is 35.5. The summed E-state index contributed by atoms with van der Waals surface area (Å²) in [5.41, 5.74) is 13.5. The SMILES string of the molecule is C=CN(c1ccccc1)c1ccc(-c2ccc(-c3cccc4c(-c5ccc(-c6nc(-c7ccccc7)nc(-c7cccc8ccccc78)n6)cc5)cccc34)cc2)cc1C(C)CC. The minimum Gasteiger partial charge on any atom is -0.317 e. The topological polar surface area (TPSA) is 41.9 Å². The summed E-state index contributed by atoms with van der Waals surface area (Å²) in [6.45, 7) is 8.73. The molecule has 63 heavy (non-hydrogen) atoms. The highest BCUT2D eigenvalue weighted by Gasteiger charge is 2.18. The van der Waals surface area contributed by atoms with Crippen LogP contribution in [0.5, 0.6) is 0 Å². The second-order valence-electron chi connectivity index (χ2n) is 16.0. The van der Waals surface area contributed by atoms with Crippen molar-refractivity contribution in [3.8, 4) is 67.5 Å². The first-order valence-corrected chi connectivity index (χ1v) is 21.7. The minimum atomic E-state index is 0.386. The van der Waals surface area contributed by atoms with E-state index in [1.807, 2.05) is 42.6 Å². The van der Waals surface area contributed by atoms with Crippen molar-refractivity contribution in [3.05, 3.63) is 225 Å². The standard InChI is InChI=1S/C59H46N4/c1-4-40(3)55-39-47(37-38-56(55)63(5-2)48-21-10-7-11-22-48)41-29-31-43(32-30-41)49-24-15-27-53-50(25-16-26-52(49)53)44-33-35-46(36-34-44)58-60-57(45-18-8-6-9-19-45)61-59(62-58)54-28-14-20-42-17-12-13-23-51(42)54/h5-40H,2,4H2,1,3H3. The Morgan fingerprint density at radius 3 is 1.56 bits per heavy atom. The molecule has 0 bridgehead atoms. The van der Waals surface area contributed by atoms with Gasteiger partial charge in [-0.05, 0) is 97.1 Å². The Labute approximate surface area is 369 Å². The lowest BCUT2D eigenvalue weighted by molar-refractivity contribution is 0.733. The van der Waals surface area contributed by atoms with E-state index in [4.69, 9.17) is 15.0 Å². The Morgan fingerprint density at radius 1 is 0.444 bits per heavy atom. The van der Waals surface area contributed by atoms with E-state index in [2.05, 4.69) is 195 Å². The van der Waals surface area contributed by atoms with Crippen LogP contribution in [0.2, 0.25) is 0 Å². The molecular formula is C59H46N4. The number of hydrogen-bond donors (Lipinski definition) is 0. The van der Waals surface area contributed by atoms with Crippen LogP contribution in [0.3, 0.4) is 0 Å². The van der Waals surface area contributed by atoms with E-state index >= 15 is 0 Å². The molecule has 1 atom stereocenters. The van der Waals surface area contributed by atoms with E-state index in [-0.39, 0.29) is 0 Å². The quantitative estimate of drug-likeness (QED) is 0.130. The van der Waals surface area contributed by atoms with Gasteiger partial charge in [-0.15, -0.1) is 0 Å². The third-order valence-corrected chi connectivity index (χ3v) is 12.3. The van der Waals surface area contributed by atoms with Crippen LogP contribution in [-0.4, -0.2) is 15.0 Å². The number of benzene rings is 9. The van der Waals surface area contributed by atoms with Crippen molar-refractivity contribution in [1.82, 2.24) is 15.0 Å². The minimum absolute atomic E-state index is 0.386. The highest BCUT2D eigenvalue weighted by Crippen LogP contribution is 2.40. The summed E-state index contributed by atoms with van der Waals surface area (Å²) < 4.78 is 0. The summed E-state index contributed by atoms with van der Waals surface area (Å²) >= 11 is 0. The maximum atomic E-state index is 5.09. The normalized spacial score (nSPS) is 11.7. The molecule has 1 aromatic heterocycles. The summed E-state index contributed by atoms with van der Waals surface area (Å²) in [5, 5.41) is 4.68. The van der Waals surface area contributed by atoms with E-state index in [1.54, 1.807) is 0 Å². The Morgan fingerprint density at radius 2 is 0.921 bits per heavy atom. The number of anilines is 2. The van der Waals surface area contributed by atoms with Gasteiger partial charge in [0.15, 0.2) is 17.5 Å². The Balaban J connectivity index is 0.969. The highest BCUT2D eigenvalue weighted by atomic mass is 15.1. The fraction of sp³-hybridized carbons (Fsp3) is 0.0678. The number of para-hydroxylation sites is 1. The zero-order valence-corrected chi connectivity index (χ0v) is 35.5.